The maximum absolute atomic E-state index is 11.9. The molecule has 1 aromatic rings. The summed E-state index contributed by atoms with van der Waals surface area (Å²) in [6.07, 6.45) is 2.61. The van der Waals surface area contributed by atoms with E-state index in [1.165, 1.54) is 0 Å². The van der Waals surface area contributed by atoms with Gasteiger partial charge in [-0.25, -0.2) is 4.79 Å². The second-order valence-electron chi connectivity index (χ2n) is 5.65. The van der Waals surface area contributed by atoms with Crippen molar-refractivity contribution in [1.29, 1.82) is 0 Å². The van der Waals surface area contributed by atoms with E-state index in [4.69, 9.17) is 9.84 Å². The lowest BCUT2D eigenvalue weighted by Crippen LogP contribution is -2.43. The van der Waals surface area contributed by atoms with Crippen molar-refractivity contribution < 1.29 is 19.4 Å². The summed E-state index contributed by atoms with van der Waals surface area (Å²) in [5.41, 5.74) is 1.91. The first-order chi connectivity index (χ1) is 9.97. The van der Waals surface area contributed by atoms with Gasteiger partial charge in [-0.15, -0.1) is 0 Å². The van der Waals surface area contributed by atoms with E-state index in [2.05, 4.69) is 5.32 Å². The number of hydrogen-bond donors (Lipinski definition) is 2. The number of nitrogens with one attached hydrogen (secondary N) is 1. The van der Waals surface area contributed by atoms with E-state index in [0.29, 0.717) is 18.1 Å². The van der Waals surface area contributed by atoms with E-state index >= 15 is 0 Å². The Balaban J connectivity index is 1.87. The number of para-hydroxylation sites is 1. The number of carbonyl (C=O) groups excluding carboxylic acids is 1. The van der Waals surface area contributed by atoms with Crippen LogP contribution >= 0.6 is 0 Å². The Bertz CT molecular complexity index is 517. The molecule has 1 aromatic carbocycles. The minimum atomic E-state index is -0.984. The molecular weight excluding hydrogens is 270 g/mol. The van der Waals surface area contributed by atoms with Gasteiger partial charge in [-0.05, 0) is 37.3 Å². The van der Waals surface area contributed by atoms with Crippen LogP contribution in [0.4, 0.5) is 0 Å². The Labute approximate surface area is 124 Å². The van der Waals surface area contributed by atoms with Gasteiger partial charge in [-0.1, -0.05) is 31.0 Å². The normalized spacial score (nSPS) is 15.3. The molecule has 1 saturated carbocycles. The number of carboxylic acid groups (broad SMARTS) is 1. The number of aryl methyl sites for hydroxylation is 2. The Morgan fingerprint density at radius 2 is 1.95 bits per heavy atom. The van der Waals surface area contributed by atoms with Crippen molar-refractivity contribution in [3.05, 3.63) is 29.3 Å². The van der Waals surface area contributed by atoms with Gasteiger partial charge < -0.3 is 15.2 Å². The Morgan fingerprint density at radius 3 is 2.48 bits per heavy atom. The number of rotatable bonds is 7. The highest BCUT2D eigenvalue weighted by atomic mass is 16.5. The van der Waals surface area contributed by atoms with E-state index in [0.717, 1.165) is 24.0 Å². The molecule has 1 aliphatic carbocycles. The molecule has 5 heteroatoms. The van der Waals surface area contributed by atoms with Crippen LogP contribution in [-0.4, -0.2) is 29.6 Å². The second-order valence-corrected chi connectivity index (χ2v) is 5.65. The Kier molecular flexibility index (Phi) is 4.83. The van der Waals surface area contributed by atoms with Crippen molar-refractivity contribution in [3.63, 3.8) is 0 Å². The largest absolute Gasteiger partial charge is 0.483 e. The molecule has 1 unspecified atom stereocenters. The van der Waals surface area contributed by atoms with Gasteiger partial charge >= 0.3 is 5.97 Å². The highest BCUT2D eigenvalue weighted by Gasteiger charge is 2.30. The number of ether oxygens (including phenoxy) is 1. The lowest BCUT2D eigenvalue weighted by Gasteiger charge is -2.15. The smallest absolute Gasteiger partial charge is 0.326 e. The van der Waals surface area contributed by atoms with Crippen LogP contribution in [0.3, 0.4) is 0 Å². The van der Waals surface area contributed by atoms with E-state index in [1.807, 2.05) is 32.0 Å². The molecule has 1 fully saturated rings. The van der Waals surface area contributed by atoms with Gasteiger partial charge in [0.25, 0.3) is 5.91 Å². The first kappa shape index (κ1) is 15.4. The van der Waals surface area contributed by atoms with Crippen molar-refractivity contribution in [2.24, 2.45) is 5.92 Å². The molecule has 1 aliphatic rings. The third kappa shape index (κ3) is 4.48. The van der Waals surface area contributed by atoms with Gasteiger partial charge in [0, 0.05) is 0 Å². The fourth-order valence-corrected chi connectivity index (χ4v) is 2.31. The monoisotopic (exact) mass is 291 g/mol. The van der Waals surface area contributed by atoms with Crippen LogP contribution in [0.15, 0.2) is 18.2 Å². The fourth-order valence-electron chi connectivity index (χ4n) is 2.31. The number of carboxylic acids is 1. The van der Waals surface area contributed by atoms with Crippen molar-refractivity contribution in [1.82, 2.24) is 5.32 Å². The molecule has 0 spiro atoms. The molecule has 0 aromatic heterocycles. The summed E-state index contributed by atoms with van der Waals surface area (Å²) in [5.74, 6) is -0.263. The van der Waals surface area contributed by atoms with E-state index in [9.17, 15) is 9.59 Å². The minimum Gasteiger partial charge on any atom is -0.483 e. The van der Waals surface area contributed by atoms with Crippen molar-refractivity contribution in [3.8, 4) is 5.75 Å². The zero-order valence-corrected chi connectivity index (χ0v) is 12.4. The average molecular weight is 291 g/mol. The Hall–Kier alpha value is -2.04. The third-order valence-electron chi connectivity index (χ3n) is 3.66. The van der Waals surface area contributed by atoms with Crippen LogP contribution in [0.2, 0.25) is 0 Å². The molecule has 21 heavy (non-hydrogen) atoms. The molecule has 0 radical (unpaired) electrons. The van der Waals surface area contributed by atoms with Crippen LogP contribution in [0.25, 0.3) is 0 Å². The predicted molar refractivity (Wildman–Crippen MR) is 78.3 cm³/mol. The molecule has 0 saturated heterocycles. The lowest BCUT2D eigenvalue weighted by molar-refractivity contribution is -0.142. The van der Waals surface area contributed by atoms with Gasteiger partial charge in [0.15, 0.2) is 6.61 Å². The first-order valence-electron chi connectivity index (χ1n) is 7.18. The van der Waals surface area contributed by atoms with Gasteiger partial charge in [-0.3, -0.25) is 4.79 Å². The van der Waals surface area contributed by atoms with Crippen LogP contribution < -0.4 is 10.1 Å². The Morgan fingerprint density at radius 1 is 1.33 bits per heavy atom. The summed E-state index contributed by atoms with van der Waals surface area (Å²) in [4.78, 5) is 23.0. The SMILES string of the molecule is Cc1cccc(C)c1OCC(=O)NC(CC1CC1)C(=O)O. The van der Waals surface area contributed by atoms with Crippen molar-refractivity contribution in [2.75, 3.05) is 6.61 Å². The number of hydrogen-bond acceptors (Lipinski definition) is 3. The summed E-state index contributed by atoms with van der Waals surface area (Å²) in [7, 11) is 0. The molecule has 114 valence electrons. The molecule has 1 amide bonds. The quantitative estimate of drug-likeness (QED) is 0.806. The number of benzene rings is 1. The molecule has 5 nitrogen and oxygen atoms in total. The van der Waals surface area contributed by atoms with E-state index < -0.39 is 17.9 Å². The van der Waals surface area contributed by atoms with Crippen LogP contribution in [0.1, 0.15) is 30.4 Å². The number of amides is 1. The van der Waals surface area contributed by atoms with Crippen LogP contribution in [0.5, 0.6) is 5.75 Å². The van der Waals surface area contributed by atoms with E-state index in [-0.39, 0.29) is 6.61 Å². The first-order valence-corrected chi connectivity index (χ1v) is 7.18. The predicted octanol–water partition coefficient (Wildman–Crippen LogP) is 2.05. The summed E-state index contributed by atoms with van der Waals surface area (Å²) >= 11 is 0. The van der Waals surface area contributed by atoms with Crippen LogP contribution in [0, 0.1) is 19.8 Å². The second kappa shape index (κ2) is 6.61. The van der Waals surface area contributed by atoms with Crippen molar-refractivity contribution in [2.45, 2.75) is 39.2 Å². The highest BCUT2D eigenvalue weighted by molar-refractivity contribution is 5.84. The molecule has 1 atom stereocenters. The summed E-state index contributed by atoms with van der Waals surface area (Å²) in [5, 5.41) is 11.7. The van der Waals surface area contributed by atoms with Gasteiger partial charge in [-0.2, -0.15) is 0 Å². The standard InChI is InChI=1S/C16H21NO4/c1-10-4-3-5-11(2)15(10)21-9-14(18)17-13(16(19)20)8-12-6-7-12/h3-5,12-13H,6-9H2,1-2H3,(H,17,18)(H,19,20). The topological polar surface area (TPSA) is 75.6 Å². The summed E-state index contributed by atoms with van der Waals surface area (Å²) in [6, 6.07) is 4.93. The lowest BCUT2D eigenvalue weighted by atomic mass is 10.1. The van der Waals surface area contributed by atoms with Gasteiger partial charge in [0.05, 0.1) is 0 Å². The molecule has 2 N–H and O–H groups in total. The zero-order valence-electron chi connectivity index (χ0n) is 12.4. The highest BCUT2D eigenvalue weighted by Crippen LogP contribution is 2.33. The number of aliphatic carboxylic acids is 1. The molecule has 2 rings (SSSR count). The maximum Gasteiger partial charge on any atom is 0.326 e. The average Bonchev–Trinajstić information content (AvgIpc) is 3.21. The number of carbonyl (C=O) groups is 2. The maximum atomic E-state index is 11.9. The van der Waals surface area contributed by atoms with E-state index in [1.54, 1.807) is 0 Å². The molecular formula is C16H21NO4. The molecule has 0 heterocycles. The van der Waals surface area contributed by atoms with Gasteiger partial charge in [0.1, 0.15) is 11.8 Å². The summed E-state index contributed by atoms with van der Waals surface area (Å²) < 4.78 is 5.53. The summed E-state index contributed by atoms with van der Waals surface area (Å²) in [6.45, 7) is 3.65. The molecule has 0 bridgehead atoms. The zero-order chi connectivity index (χ0) is 15.4. The minimum absolute atomic E-state index is 0.167. The van der Waals surface area contributed by atoms with Crippen LogP contribution in [-0.2, 0) is 9.59 Å². The van der Waals surface area contributed by atoms with Crippen molar-refractivity contribution >= 4 is 11.9 Å². The third-order valence-corrected chi connectivity index (χ3v) is 3.66. The fraction of sp³-hybridized carbons (Fsp3) is 0.500. The van der Waals surface area contributed by atoms with Gasteiger partial charge in [0.2, 0.25) is 0 Å². The molecule has 0 aliphatic heterocycles.